The summed E-state index contributed by atoms with van der Waals surface area (Å²) >= 11 is 0. The van der Waals surface area contributed by atoms with Gasteiger partial charge in [0.05, 0.1) is 12.2 Å². The van der Waals surface area contributed by atoms with E-state index < -0.39 is 0 Å². The van der Waals surface area contributed by atoms with Crippen molar-refractivity contribution in [2.24, 2.45) is 0 Å². The van der Waals surface area contributed by atoms with Gasteiger partial charge < -0.3 is 15.0 Å². The van der Waals surface area contributed by atoms with E-state index in [9.17, 15) is 0 Å². The molecule has 112 valence electrons. The minimum Gasteiger partial charge on any atom is -0.477 e. The zero-order chi connectivity index (χ0) is 14.4. The van der Waals surface area contributed by atoms with Crippen molar-refractivity contribution in [3.05, 3.63) is 11.9 Å². The number of hydrogen-bond donors (Lipinski definition) is 1. The summed E-state index contributed by atoms with van der Waals surface area (Å²) in [6.07, 6.45) is 6.11. The van der Waals surface area contributed by atoms with E-state index in [4.69, 9.17) is 4.74 Å². The Hall–Kier alpha value is -1.36. The summed E-state index contributed by atoms with van der Waals surface area (Å²) in [5.41, 5.74) is 1.08. The highest BCUT2D eigenvalue weighted by Crippen LogP contribution is 2.23. The molecule has 2 rings (SSSR count). The van der Waals surface area contributed by atoms with Crippen LogP contribution in [0.25, 0.3) is 0 Å². The van der Waals surface area contributed by atoms with Crippen molar-refractivity contribution < 1.29 is 4.74 Å². The summed E-state index contributed by atoms with van der Waals surface area (Å²) < 4.78 is 5.91. The largest absolute Gasteiger partial charge is 0.477 e. The number of hydrogen-bond acceptors (Lipinski definition) is 5. The van der Waals surface area contributed by atoms with Crippen molar-refractivity contribution >= 4 is 5.82 Å². The summed E-state index contributed by atoms with van der Waals surface area (Å²) in [7, 11) is 2.20. The van der Waals surface area contributed by atoms with Gasteiger partial charge in [0.1, 0.15) is 12.1 Å². The molecule has 5 nitrogen and oxygen atoms in total. The smallest absolute Gasteiger partial charge is 0.221 e. The van der Waals surface area contributed by atoms with Gasteiger partial charge in [-0.3, -0.25) is 0 Å². The van der Waals surface area contributed by atoms with Crippen molar-refractivity contribution in [2.45, 2.75) is 45.6 Å². The van der Waals surface area contributed by atoms with Gasteiger partial charge in [-0.15, -0.1) is 0 Å². The maximum absolute atomic E-state index is 5.91. The molecular weight excluding hydrogens is 252 g/mol. The van der Waals surface area contributed by atoms with Gasteiger partial charge in [-0.2, -0.15) is 0 Å². The summed E-state index contributed by atoms with van der Waals surface area (Å²) in [4.78, 5) is 11.0. The van der Waals surface area contributed by atoms with E-state index in [-0.39, 0.29) is 0 Å². The molecule has 0 radical (unpaired) electrons. The first-order valence-electron chi connectivity index (χ1n) is 7.67. The Bertz CT molecular complexity index is 424. The highest BCUT2D eigenvalue weighted by Gasteiger charge is 2.20. The lowest BCUT2D eigenvalue weighted by Crippen LogP contribution is -2.26. The number of nitrogens with zero attached hydrogens (tertiary/aromatic N) is 3. The van der Waals surface area contributed by atoms with Crippen LogP contribution in [-0.4, -0.2) is 47.7 Å². The number of anilines is 1. The second kappa shape index (κ2) is 7.43. The fourth-order valence-corrected chi connectivity index (χ4v) is 2.79. The van der Waals surface area contributed by atoms with Crippen molar-refractivity contribution in [3.63, 3.8) is 0 Å². The van der Waals surface area contributed by atoms with Crippen molar-refractivity contribution in [3.8, 4) is 5.88 Å². The third-order valence-corrected chi connectivity index (χ3v) is 3.96. The van der Waals surface area contributed by atoms with E-state index >= 15 is 0 Å². The van der Waals surface area contributed by atoms with Crippen LogP contribution in [-0.2, 0) is 6.42 Å². The van der Waals surface area contributed by atoms with Crippen molar-refractivity contribution in [1.82, 2.24) is 14.9 Å². The monoisotopic (exact) mass is 278 g/mol. The summed E-state index contributed by atoms with van der Waals surface area (Å²) in [5, 5.41) is 3.27. The molecule has 1 atom stereocenters. The predicted molar refractivity (Wildman–Crippen MR) is 81.3 cm³/mol. The van der Waals surface area contributed by atoms with E-state index in [2.05, 4.69) is 41.1 Å². The minimum atomic E-state index is 0.662. The standard InChI is InChI=1S/C15H26N4O/c1-4-13-14(16-5-2)17-11-18-15(13)20-10-8-12-7-6-9-19(12)3/h11-12H,4-10H2,1-3H3,(H,16,17,18). The first-order chi connectivity index (χ1) is 9.76. The van der Waals surface area contributed by atoms with E-state index in [1.54, 1.807) is 6.33 Å². The number of likely N-dealkylation sites (tertiary alicyclic amines) is 1. The third kappa shape index (κ3) is 3.60. The molecule has 1 aromatic heterocycles. The van der Waals surface area contributed by atoms with Gasteiger partial charge in [-0.25, -0.2) is 9.97 Å². The molecule has 1 aliphatic rings. The fraction of sp³-hybridized carbons (Fsp3) is 0.733. The summed E-state index contributed by atoms with van der Waals surface area (Å²) in [6.45, 7) is 6.97. The minimum absolute atomic E-state index is 0.662. The van der Waals surface area contributed by atoms with Crippen LogP contribution < -0.4 is 10.1 Å². The molecule has 0 saturated carbocycles. The lowest BCUT2D eigenvalue weighted by Gasteiger charge is -2.19. The third-order valence-electron chi connectivity index (χ3n) is 3.96. The van der Waals surface area contributed by atoms with Gasteiger partial charge in [-0.1, -0.05) is 6.92 Å². The number of rotatable bonds is 7. The molecule has 1 N–H and O–H groups in total. The van der Waals surface area contributed by atoms with Gasteiger partial charge in [-0.05, 0) is 46.2 Å². The molecule has 1 fully saturated rings. The van der Waals surface area contributed by atoms with E-state index in [1.807, 2.05) is 0 Å². The van der Waals surface area contributed by atoms with Gasteiger partial charge >= 0.3 is 0 Å². The van der Waals surface area contributed by atoms with Crippen LogP contribution >= 0.6 is 0 Å². The maximum atomic E-state index is 5.91. The van der Waals surface area contributed by atoms with Crippen LogP contribution in [0, 0.1) is 0 Å². The molecular formula is C15H26N4O. The Balaban J connectivity index is 1.93. The predicted octanol–water partition coefficient (Wildman–Crippen LogP) is 2.33. The molecule has 1 saturated heterocycles. The molecule has 0 bridgehead atoms. The van der Waals surface area contributed by atoms with Gasteiger partial charge in [0, 0.05) is 12.6 Å². The second-order valence-electron chi connectivity index (χ2n) is 5.30. The van der Waals surface area contributed by atoms with Gasteiger partial charge in [0.15, 0.2) is 0 Å². The number of aromatic nitrogens is 2. The Morgan fingerprint density at radius 1 is 1.40 bits per heavy atom. The lowest BCUT2D eigenvalue weighted by molar-refractivity contribution is 0.227. The first-order valence-corrected chi connectivity index (χ1v) is 7.67. The molecule has 0 amide bonds. The van der Waals surface area contributed by atoms with Crippen LogP contribution in [0.4, 0.5) is 5.82 Å². The van der Waals surface area contributed by atoms with Crippen molar-refractivity contribution in [1.29, 1.82) is 0 Å². The van der Waals surface area contributed by atoms with Crippen molar-refractivity contribution in [2.75, 3.05) is 32.1 Å². The normalized spacial score (nSPS) is 19.2. The van der Waals surface area contributed by atoms with Crippen LogP contribution in [0.3, 0.4) is 0 Å². The highest BCUT2D eigenvalue weighted by atomic mass is 16.5. The lowest BCUT2D eigenvalue weighted by atomic mass is 10.1. The molecule has 1 unspecified atom stereocenters. The number of nitrogens with one attached hydrogen (secondary N) is 1. The Morgan fingerprint density at radius 3 is 2.90 bits per heavy atom. The van der Waals surface area contributed by atoms with Crippen LogP contribution in [0.15, 0.2) is 6.33 Å². The molecule has 1 aromatic rings. The van der Waals surface area contributed by atoms with Gasteiger partial charge in [0.25, 0.3) is 0 Å². The second-order valence-corrected chi connectivity index (χ2v) is 5.30. The zero-order valence-electron chi connectivity index (χ0n) is 12.9. The molecule has 0 spiro atoms. The fourth-order valence-electron chi connectivity index (χ4n) is 2.79. The average molecular weight is 278 g/mol. The maximum Gasteiger partial charge on any atom is 0.221 e. The van der Waals surface area contributed by atoms with E-state index in [0.29, 0.717) is 6.04 Å². The van der Waals surface area contributed by atoms with E-state index in [0.717, 1.165) is 43.3 Å². The molecule has 20 heavy (non-hydrogen) atoms. The Labute approximate surface area is 121 Å². The molecule has 1 aliphatic heterocycles. The Morgan fingerprint density at radius 2 is 2.25 bits per heavy atom. The SMILES string of the molecule is CCNc1ncnc(OCCC2CCCN2C)c1CC. The number of ether oxygens (including phenoxy) is 1. The van der Waals surface area contributed by atoms with Crippen LogP contribution in [0.1, 0.15) is 38.7 Å². The van der Waals surface area contributed by atoms with E-state index in [1.165, 1.54) is 19.4 Å². The topological polar surface area (TPSA) is 50.3 Å². The summed E-state index contributed by atoms with van der Waals surface area (Å²) in [6, 6.07) is 0.662. The molecule has 5 heteroatoms. The molecule has 2 heterocycles. The van der Waals surface area contributed by atoms with Gasteiger partial charge in [0.2, 0.25) is 5.88 Å². The van der Waals surface area contributed by atoms with Crippen LogP contribution in [0.2, 0.25) is 0 Å². The Kier molecular flexibility index (Phi) is 5.59. The highest BCUT2D eigenvalue weighted by molar-refractivity contribution is 5.48. The first kappa shape index (κ1) is 15.0. The molecule has 0 aliphatic carbocycles. The zero-order valence-corrected chi connectivity index (χ0v) is 12.9. The quantitative estimate of drug-likeness (QED) is 0.829. The summed E-state index contributed by atoms with van der Waals surface area (Å²) in [5.74, 6) is 1.64. The van der Waals surface area contributed by atoms with Crippen LogP contribution in [0.5, 0.6) is 5.88 Å². The average Bonchev–Trinajstić information content (AvgIpc) is 2.85. The molecule has 0 aromatic carbocycles.